The molecule has 1 aliphatic rings. The molecule has 21 heavy (non-hydrogen) atoms. The van der Waals surface area contributed by atoms with Crippen LogP contribution in [-0.4, -0.2) is 56.0 Å². The van der Waals surface area contributed by atoms with Crippen LogP contribution in [0, 0.1) is 0 Å². The molecule has 0 aliphatic carbocycles. The van der Waals surface area contributed by atoms with Crippen molar-refractivity contribution >= 4 is 21.6 Å². The Balaban J connectivity index is 2.26. The summed E-state index contributed by atoms with van der Waals surface area (Å²) in [5, 5.41) is 9.38. The van der Waals surface area contributed by atoms with E-state index in [-0.39, 0.29) is 22.6 Å². The van der Waals surface area contributed by atoms with E-state index in [0.29, 0.717) is 5.56 Å². The van der Waals surface area contributed by atoms with Gasteiger partial charge in [0.25, 0.3) is 0 Å². The van der Waals surface area contributed by atoms with Crippen LogP contribution in [0.2, 0.25) is 5.02 Å². The molecule has 1 aromatic rings. The molecule has 1 saturated heterocycles. The fourth-order valence-electron chi connectivity index (χ4n) is 2.62. The maximum Gasteiger partial charge on any atom is 0.243 e. The minimum absolute atomic E-state index is 0.0231. The summed E-state index contributed by atoms with van der Waals surface area (Å²) < 4.78 is 26.8. The Bertz CT molecular complexity index is 606. The van der Waals surface area contributed by atoms with Crippen LogP contribution < -0.4 is 0 Å². The van der Waals surface area contributed by atoms with E-state index in [9.17, 15) is 8.42 Å². The van der Waals surface area contributed by atoms with Crippen molar-refractivity contribution in [2.75, 3.05) is 27.2 Å². The van der Waals surface area contributed by atoms with Gasteiger partial charge in [0.05, 0.1) is 11.5 Å². The molecule has 0 bridgehead atoms. The van der Waals surface area contributed by atoms with Crippen molar-refractivity contribution in [2.45, 2.75) is 30.4 Å². The molecule has 7 heteroatoms. The Labute approximate surface area is 131 Å². The molecule has 1 aromatic carbocycles. The molecular weight excluding hydrogens is 312 g/mol. The van der Waals surface area contributed by atoms with Crippen LogP contribution in [0.5, 0.6) is 0 Å². The first-order valence-corrected chi connectivity index (χ1v) is 8.74. The summed E-state index contributed by atoms with van der Waals surface area (Å²) in [4.78, 5) is 2.31. The highest BCUT2D eigenvalue weighted by molar-refractivity contribution is 7.89. The zero-order chi connectivity index (χ0) is 15.6. The molecule has 1 fully saturated rings. The summed E-state index contributed by atoms with van der Waals surface area (Å²) in [6.45, 7) is 1.53. The molecule has 0 radical (unpaired) electrons. The summed E-state index contributed by atoms with van der Waals surface area (Å²) in [5.74, 6) is 0. The van der Waals surface area contributed by atoms with Gasteiger partial charge in [-0.1, -0.05) is 17.7 Å². The van der Waals surface area contributed by atoms with Crippen LogP contribution in [0.15, 0.2) is 23.1 Å². The van der Waals surface area contributed by atoms with Crippen molar-refractivity contribution in [3.8, 4) is 0 Å². The number of aliphatic hydroxyl groups excluding tert-OH is 1. The van der Waals surface area contributed by atoms with Crippen molar-refractivity contribution in [2.24, 2.45) is 0 Å². The molecule has 0 spiro atoms. The molecular formula is C14H21ClN2O3S. The standard InChI is InChI=1S/C14H21ClN2O3S/c1-16-7-3-4-12(9-16)17(2)21(19,20)13-6-5-11(10-18)14(15)8-13/h5-6,8,12,18H,3-4,7,9-10H2,1-2H3. The number of likely N-dealkylation sites (tertiary alicyclic amines) is 1. The molecule has 0 amide bonds. The van der Waals surface area contributed by atoms with Gasteiger partial charge in [-0.2, -0.15) is 4.31 Å². The number of nitrogens with zero attached hydrogens (tertiary/aromatic N) is 2. The third kappa shape index (κ3) is 3.57. The van der Waals surface area contributed by atoms with Gasteiger partial charge < -0.3 is 10.0 Å². The maximum absolute atomic E-state index is 12.7. The van der Waals surface area contributed by atoms with E-state index in [1.165, 1.54) is 16.4 Å². The van der Waals surface area contributed by atoms with Crippen LogP contribution in [0.4, 0.5) is 0 Å². The van der Waals surface area contributed by atoms with E-state index in [0.717, 1.165) is 25.9 Å². The minimum Gasteiger partial charge on any atom is -0.392 e. The molecule has 118 valence electrons. The number of aliphatic hydroxyl groups is 1. The molecule has 5 nitrogen and oxygen atoms in total. The monoisotopic (exact) mass is 332 g/mol. The Morgan fingerprint density at radius 2 is 2.19 bits per heavy atom. The molecule has 1 unspecified atom stereocenters. The van der Waals surface area contributed by atoms with Gasteiger partial charge in [-0.3, -0.25) is 0 Å². The first-order chi connectivity index (χ1) is 9.86. The third-order valence-corrected chi connectivity index (χ3v) is 6.24. The zero-order valence-corrected chi connectivity index (χ0v) is 13.9. The molecule has 0 saturated carbocycles. The fraction of sp³-hybridized carbons (Fsp3) is 0.571. The number of hydrogen-bond acceptors (Lipinski definition) is 4. The highest BCUT2D eigenvalue weighted by Crippen LogP contribution is 2.25. The molecule has 1 aliphatic heterocycles. The Kier molecular flexibility index (Phi) is 5.27. The van der Waals surface area contributed by atoms with Crippen LogP contribution in [0.3, 0.4) is 0 Å². The van der Waals surface area contributed by atoms with E-state index in [4.69, 9.17) is 16.7 Å². The average Bonchev–Trinajstić information content (AvgIpc) is 2.46. The molecule has 1 atom stereocenters. The second-order valence-electron chi connectivity index (χ2n) is 5.49. The number of rotatable bonds is 4. The van der Waals surface area contributed by atoms with E-state index < -0.39 is 10.0 Å². The number of hydrogen-bond donors (Lipinski definition) is 1. The van der Waals surface area contributed by atoms with Gasteiger partial charge in [0, 0.05) is 24.7 Å². The second-order valence-corrected chi connectivity index (χ2v) is 7.90. The summed E-state index contributed by atoms with van der Waals surface area (Å²) >= 11 is 6.00. The quantitative estimate of drug-likeness (QED) is 0.908. The van der Waals surface area contributed by atoms with Crippen LogP contribution in [0.25, 0.3) is 0 Å². The normalized spacial score (nSPS) is 20.9. The molecule has 1 N–H and O–H groups in total. The third-order valence-electron chi connectivity index (χ3n) is 3.99. The van der Waals surface area contributed by atoms with Crippen LogP contribution >= 0.6 is 11.6 Å². The van der Waals surface area contributed by atoms with Crippen molar-refractivity contribution in [3.63, 3.8) is 0 Å². The smallest absolute Gasteiger partial charge is 0.243 e. The lowest BCUT2D eigenvalue weighted by Crippen LogP contribution is -2.47. The first-order valence-electron chi connectivity index (χ1n) is 6.92. The summed E-state index contributed by atoms with van der Waals surface area (Å²) in [7, 11) is 0.0487. The maximum atomic E-state index is 12.7. The summed E-state index contributed by atoms with van der Waals surface area (Å²) in [6, 6.07) is 4.43. The lowest BCUT2D eigenvalue weighted by Gasteiger charge is -2.35. The SMILES string of the molecule is CN1CCCC(N(C)S(=O)(=O)c2ccc(CO)c(Cl)c2)C1. The Morgan fingerprint density at radius 3 is 2.76 bits per heavy atom. The minimum atomic E-state index is -3.57. The number of halogens is 1. The zero-order valence-electron chi connectivity index (χ0n) is 12.3. The number of sulfonamides is 1. The van der Waals surface area contributed by atoms with Crippen molar-refractivity contribution in [1.82, 2.24) is 9.21 Å². The fourth-order valence-corrected chi connectivity index (χ4v) is 4.32. The molecule has 2 rings (SSSR count). The van der Waals surface area contributed by atoms with Gasteiger partial charge in [-0.15, -0.1) is 0 Å². The first kappa shape index (κ1) is 16.7. The summed E-state index contributed by atoms with van der Waals surface area (Å²) in [6.07, 6.45) is 1.85. The predicted octanol–water partition coefficient (Wildman–Crippen LogP) is 1.55. The average molecular weight is 333 g/mol. The largest absolute Gasteiger partial charge is 0.392 e. The predicted molar refractivity (Wildman–Crippen MR) is 82.8 cm³/mol. The van der Waals surface area contributed by atoms with Gasteiger partial charge in [-0.25, -0.2) is 8.42 Å². The second kappa shape index (κ2) is 6.62. The summed E-state index contributed by atoms with van der Waals surface area (Å²) in [5.41, 5.74) is 0.524. The van der Waals surface area contributed by atoms with E-state index in [2.05, 4.69) is 4.90 Å². The lowest BCUT2D eigenvalue weighted by atomic mass is 10.1. The lowest BCUT2D eigenvalue weighted by molar-refractivity contribution is 0.187. The molecule has 1 heterocycles. The van der Waals surface area contributed by atoms with E-state index in [1.54, 1.807) is 13.1 Å². The topological polar surface area (TPSA) is 60.9 Å². The van der Waals surface area contributed by atoms with Crippen LogP contribution in [-0.2, 0) is 16.6 Å². The van der Waals surface area contributed by atoms with E-state index >= 15 is 0 Å². The number of piperidine rings is 1. The molecule has 0 aromatic heterocycles. The van der Waals surface area contributed by atoms with Gasteiger partial charge >= 0.3 is 0 Å². The highest BCUT2D eigenvalue weighted by atomic mass is 35.5. The van der Waals surface area contributed by atoms with Crippen molar-refractivity contribution in [3.05, 3.63) is 28.8 Å². The number of likely N-dealkylation sites (N-methyl/N-ethyl adjacent to an activating group) is 2. The van der Waals surface area contributed by atoms with Gasteiger partial charge in [0.15, 0.2) is 0 Å². The Morgan fingerprint density at radius 1 is 1.48 bits per heavy atom. The number of benzene rings is 1. The Hall–Kier alpha value is -0.660. The van der Waals surface area contributed by atoms with Gasteiger partial charge in [-0.05, 0) is 44.1 Å². The van der Waals surface area contributed by atoms with E-state index in [1.807, 2.05) is 7.05 Å². The van der Waals surface area contributed by atoms with Gasteiger partial charge in [0.1, 0.15) is 0 Å². The van der Waals surface area contributed by atoms with Crippen molar-refractivity contribution in [1.29, 1.82) is 0 Å². The van der Waals surface area contributed by atoms with Crippen LogP contribution in [0.1, 0.15) is 18.4 Å². The van der Waals surface area contributed by atoms with Gasteiger partial charge in [0.2, 0.25) is 10.0 Å². The van der Waals surface area contributed by atoms with Crippen molar-refractivity contribution < 1.29 is 13.5 Å². The highest BCUT2D eigenvalue weighted by Gasteiger charge is 2.30.